The van der Waals surface area contributed by atoms with Crippen LogP contribution in [0.25, 0.3) is 0 Å². The van der Waals surface area contributed by atoms with Gasteiger partial charge in [-0.2, -0.15) is 0 Å². The monoisotopic (exact) mass is 293 g/mol. The van der Waals surface area contributed by atoms with Crippen molar-refractivity contribution in [3.05, 3.63) is 47.3 Å². The number of halogens is 5. The number of rotatable bonds is 7. The van der Waals surface area contributed by atoms with E-state index >= 15 is 0 Å². The lowest BCUT2D eigenvalue weighted by atomic mass is 9.99. The highest BCUT2D eigenvalue weighted by atomic mass is 19.2. The first kappa shape index (κ1) is 16.6. The van der Waals surface area contributed by atoms with Crippen LogP contribution in [0.5, 0.6) is 0 Å². The minimum atomic E-state index is -2.14. The van der Waals surface area contributed by atoms with Gasteiger partial charge in [0.1, 0.15) is 0 Å². The molecular weight excluding hydrogens is 277 g/mol. The lowest BCUT2D eigenvalue weighted by Crippen LogP contribution is -2.25. The largest absolute Gasteiger partial charge is 0.310 e. The summed E-state index contributed by atoms with van der Waals surface area (Å²) in [5.74, 6) is -9.53. The van der Waals surface area contributed by atoms with Crippen LogP contribution in [0.3, 0.4) is 0 Å². The van der Waals surface area contributed by atoms with E-state index in [1.807, 2.05) is 6.92 Å². The molecule has 0 bridgehead atoms. The molecule has 0 aromatic heterocycles. The van der Waals surface area contributed by atoms with E-state index in [4.69, 9.17) is 0 Å². The molecule has 0 spiro atoms. The Balaban J connectivity index is 3.27. The number of hydrogen-bond donors (Lipinski definition) is 1. The Morgan fingerprint density at radius 1 is 1.00 bits per heavy atom. The third-order valence-corrected chi connectivity index (χ3v) is 2.89. The second kappa shape index (κ2) is 7.38. The summed E-state index contributed by atoms with van der Waals surface area (Å²) in [6, 6.07) is -0.947. The molecule has 20 heavy (non-hydrogen) atoms. The minimum Gasteiger partial charge on any atom is -0.310 e. The second-order valence-corrected chi connectivity index (χ2v) is 4.36. The van der Waals surface area contributed by atoms with Crippen LogP contribution in [0.1, 0.15) is 37.8 Å². The molecule has 0 aliphatic heterocycles. The summed E-state index contributed by atoms with van der Waals surface area (Å²) in [5, 5.41) is 2.79. The fourth-order valence-corrected chi connectivity index (χ4v) is 1.88. The summed E-state index contributed by atoms with van der Waals surface area (Å²) in [4.78, 5) is 0. The van der Waals surface area contributed by atoms with Crippen molar-refractivity contribution >= 4 is 0 Å². The Kier molecular flexibility index (Phi) is 6.13. The topological polar surface area (TPSA) is 12.0 Å². The molecule has 1 N–H and O–H groups in total. The molecule has 112 valence electrons. The van der Waals surface area contributed by atoms with Gasteiger partial charge in [0.25, 0.3) is 0 Å². The van der Waals surface area contributed by atoms with Gasteiger partial charge in [0.05, 0.1) is 0 Å². The van der Waals surface area contributed by atoms with Crippen LogP contribution in [-0.2, 0) is 0 Å². The van der Waals surface area contributed by atoms with E-state index in [2.05, 4.69) is 11.9 Å². The van der Waals surface area contributed by atoms with E-state index in [1.165, 1.54) is 6.08 Å². The zero-order chi connectivity index (χ0) is 15.3. The Labute approximate surface area is 114 Å². The van der Waals surface area contributed by atoms with E-state index in [1.54, 1.807) is 0 Å². The standard InChI is InChI=1S/C14H16F5N/c1-3-5-6-8(20-7-4-2)9-10(15)12(17)14(19)13(18)11(9)16/h3,8,20H,1,4-7H2,2H3. The van der Waals surface area contributed by atoms with Crippen molar-refractivity contribution < 1.29 is 22.0 Å². The molecule has 1 nitrogen and oxygen atoms in total. The molecule has 0 fully saturated rings. The second-order valence-electron chi connectivity index (χ2n) is 4.36. The van der Waals surface area contributed by atoms with Gasteiger partial charge in [-0.3, -0.25) is 0 Å². The predicted molar refractivity (Wildman–Crippen MR) is 66.7 cm³/mol. The van der Waals surface area contributed by atoms with Crippen molar-refractivity contribution in [1.29, 1.82) is 0 Å². The van der Waals surface area contributed by atoms with Gasteiger partial charge in [0.2, 0.25) is 5.82 Å². The Bertz CT molecular complexity index is 458. The summed E-state index contributed by atoms with van der Waals surface area (Å²) in [7, 11) is 0. The molecule has 6 heteroatoms. The van der Waals surface area contributed by atoms with Crippen LogP contribution in [0.15, 0.2) is 12.7 Å². The molecule has 0 saturated heterocycles. The van der Waals surface area contributed by atoms with Crippen molar-refractivity contribution in [3.63, 3.8) is 0 Å². The zero-order valence-corrected chi connectivity index (χ0v) is 11.1. The van der Waals surface area contributed by atoms with Gasteiger partial charge in [0.15, 0.2) is 23.3 Å². The van der Waals surface area contributed by atoms with Crippen LogP contribution in [0.2, 0.25) is 0 Å². The minimum absolute atomic E-state index is 0.196. The van der Waals surface area contributed by atoms with Crippen LogP contribution in [0.4, 0.5) is 22.0 Å². The van der Waals surface area contributed by atoms with Crippen LogP contribution in [-0.4, -0.2) is 6.54 Å². The number of benzene rings is 1. The third kappa shape index (κ3) is 3.36. The lowest BCUT2D eigenvalue weighted by molar-refractivity contribution is 0.352. The Morgan fingerprint density at radius 2 is 1.50 bits per heavy atom. The van der Waals surface area contributed by atoms with E-state index < -0.39 is 40.7 Å². The first-order valence-electron chi connectivity index (χ1n) is 6.31. The molecule has 0 aliphatic carbocycles. The summed E-state index contributed by atoms with van der Waals surface area (Å²) < 4.78 is 66.8. The van der Waals surface area contributed by atoms with Gasteiger partial charge in [-0.05, 0) is 25.8 Å². The molecule has 0 radical (unpaired) electrons. The fraction of sp³-hybridized carbons (Fsp3) is 0.429. The molecule has 0 amide bonds. The molecule has 1 aromatic carbocycles. The summed E-state index contributed by atoms with van der Waals surface area (Å²) in [5.41, 5.74) is -0.809. The van der Waals surface area contributed by atoms with Crippen molar-refractivity contribution in [1.82, 2.24) is 5.32 Å². The van der Waals surface area contributed by atoms with Crippen LogP contribution >= 0.6 is 0 Å². The van der Waals surface area contributed by atoms with Crippen molar-refractivity contribution in [2.24, 2.45) is 0 Å². The van der Waals surface area contributed by atoms with Gasteiger partial charge in [-0.15, -0.1) is 6.58 Å². The van der Waals surface area contributed by atoms with Crippen LogP contribution in [0, 0.1) is 29.1 Å². The van der Waals surface area contributed by atoms with Gasteiger partial charge in [-0.25, -0.2) is 22.0 Å². The smallest absolute Gasteiger partial charge is 0.200 e. The van der Waals surface area contributed by atoms with E-state index in [-0.39, 0.29) is 6.42 Å². The Morgan fingerprint density at radius 3 is 1.95 bits per heavy atom. The van der Waals surface area contributed by atoms with Crippen LogP contribution < -0.4 is 5.32 Å². The van der Waals surface area contributed by atoms with Gasteiger partial charge < -0.3 is 5.32 Å². The van der Waals surface area contributed by atoms with Crippen molar-refractivity contribution in [2.75, 3.05) is 6.54 Å². The number of hydrogen-bond acceptors (Lipinski definition) is 1. The highest BCUT2D eigenvalue weighted by Crippen LogP contribution is 2.30. The maximum absolute atomic E-state index is 13.7. The summed E-state index contributed by atoms with van der Waals surface area (Å²) in [6.45, 7) is 5.71. The molecule has 0 saturated carbocycles. The average molecular weight is 293 g/mol. The quantitative estimate of drug-likeness (QED) is 0.340. The van der Waals surface area contributed by atoms with Gasteiger partial charge in [-0.1, -0.05) is 13.0 Å². The SMILES string of the molecule is C=CCCC(NCCC)c1c(F)c(F)c(F)c(F)c1F. The lowest BCUT2D eigenvalue weighted by Gasteiger charge is -2.20. The van der Waals surface area contributed by atoms with E-state index in [9.17, 15) is 22.0 Å². The van der Waals surface area contributed by atoms with E-state index in [0.717, 1.165) is 0 Å². The molecule has 0 heterocycles. The highest BCUT2D eigenvalue weighted by molar-refractivity contribution is 5.27. The van der Waals surface area contributed by atoms with E-state index in [0.29, 0.717) is 19.4 Å². The zero-order valence-electron chi connectivity index (χ0n) is 11.1. The number of allylic oxidation sites excluding steroid dienone is 1. The summed E-state index contributed by atoms with van der Waals surface area (Å²) in [6.07, 6.45) is 2.77. The molecular formula is C14H16F5N. The third-order valence-electron chi connectivity index (χ3n) is 2.89. The summed E-state index contributed by atoms with van der Waals surface area (Å²) >= 11 is 0. The van der Waals surface area contributed by atoms with Gasteiger partial charge in [0, 0.05) is 11.6 Å². The fourth-order valence-electron chi connectivity index (χ4n) is 1.88. The normalized spacial score (nSPS) is 12.5. The molecule has 1 rings (SSSR count). The first-order chi connectivity index (χ1) is 9.45. The first-order valence-corrected chi connectivity index (χ1v) is 6.31. The molecule has 0 aliphatic rings. The predicted octanol–water partition coefficient (Wildman–Crippen LogP) is 4.39. The molecule has 1 atom stereocenters. The van der Waals surface area contributed by atoms with Gasteiger partial charge >= 0.3 is 0 Å². The maximum Gasteiger partial charge on any atom is 0.200 e. The highest BCUT2D eigenvalue weighted by Gasteiger charge is 2.29. The number of nitrogens with one attached hydrogen (secondary N) is 1. The average Bonchev–Trinajstić information content (AvgIpc) is 2.45. The maximum atomic E-state index is 13.7. The Hall–Kier alpha value is -1.43. The van der Waals surface area contributed by atoms with Crippen molar-refractivity contribution in [2.45, 2.75) is 32.2 Å². The van der Waals surface area contributed by atoms with Crippen molar-refractivity contribution in [3.8, 4) is 0 Å². The molecule has 1 unspecified atom stereocenters. The molecule has 1 aromatic rings.